The molecule has 1 aliphatic heterocycles. The Labute approximate surface area is 350 Å². The molecule has 1 N–H and O–H groups in total. The van der Waals surface area contributed by atoms with Gasteiger partial charge in [-0.1, -0.05) is 102 Å². The number of hydrogen-bond donors (Lipinski definition) is 1. The zero-order chi connectivity index (χ0) is 44.5. The van der Waals surface area contributed by atoms with E-state index >= 15 is 0 Å². The van der Waals surface area contributed by atoms with Gasteiger partial charge in [-0.3, -0.25) is 9.63 Å². The lowest BCUT2D eigenvalue weighted by atomic mass is 9.78. The van der Waals surface area contributed by atoms with Crippen LogP contribution in [-0.4, -0.2) is 107 Å². The summed E-state index contributed by atoms with van der Waals surface area (Å²) in [4.78, 5) is 19.3. The van der Waals surface area contributed by atoms with Gasteiger partial charge in [0.25, 0.3) is 0 Å². The number of carbonyl (C=O) groups excluding carboxylic acids is 1. The van der Waals surface area contributed by atoms with E-state index in [2.05, 4.69) is 161 Å². The van der Waals surface area contributed by atoms with E-state index in [9.17, 15) is 9.90 Å². The highest BCUT2D eigenvalue weighted by Gasteiger charge is 2.64. The molecule has 0 aromatic heterocycles. The zero-order valence-electron chi connectivity index (χ0n) is 41.1. The predicted octanol–water partition coefficient (Wildman–Crippen LogP) is 11.2. The number of allylic oxidation sites excluding steroid dienone is 1. The van der Waals surface area contributed by atoms with Gasteiger partial charge in [-0.25, -0.2) is 5.06 Å². The average molecular weight is 863 g/mol. The summed E-state index contributed by atoms with van der Waals surface area (Å²) < 4.78 is 35.8. The summed E-state index contributed by atoms with van der Waals surface area (Å²) in [6.45, 7) is 51.6. The third kappa shape index (κ3) is 13.4. The summed E-state index contributed by atoms with van der Waals surface area (Å²) in [6, 6.07) is 0. The van der Waals surface area contributed by atoms with Crippen molar-refractivity contribution in [1.82, 2.24) is 5.06 Å². The van der Waals surface area contributed by atoms with E-state index < -0.39 is 69.0 Å². The van der Waals surface area contributed by atoms with Crippen LogP contribution in [-0.2, 0) is 32.1 Å². The van der Waals surface area contributed by atoms with E-state index in [0.717, 1.165) is 0 Å². The summed E-state index contributed by atoms with van der Waals surface area (Å²) in [5.41, 5.74) is -0.691. The summed E-state index contributed by atoms with van der Waals surface area (Å²) in [7, 11) is -6.51. The fraction of sp³-hybridized carbons (Fsp3) is 0.930. The molecule has 1 fully saturated rings. The van der Waals surface area contributed by atoms with E-state index in [1.807, 2.05) is 6.92 Å². The van der Waals surface area contributed by atoms with Crippen LogP contribution >= 0.6 is 0 Å². The molecule has 1 unspecified atom stereocenters. The zero-order valence-corrected chi connectivity index (χ0v) is 45.1. The van der Waals surface area contributed by atoms with Gasteiger partial charge in [0, 0.05) is 38.0 Å². The third-order valence-corrected chi connectivity index (χ3v) is 32.5. The molecule has 0 saturated carbocycles. The molecule has 0 aromatic carbocycles. The first kappa shape index (κ1) is 53.8. The van der Waals surface area contributed by atoms with Crippen molar-refractivity contribution in [1.29, 1.82) is 0 Å². The van der Waals surface area contributed by atoms with Crippen LogP contribution in [0, 0.1) is 17.8 Å². The highest BCUT2D eigenvalue weighted by molar-refractivity contribution is 6.75. The number of carbonyl (C=O) groups is 1. The van der Waals surface area contributed by atoms with Gasteiger partial charge >= 0.3 is 0 Å². The second kappa shape index (κ2) is 18.8. The van der Waals surface area contributed by atoms with Gasteiger partial charge in [0.05, 0.1) is 37.9 Å². The molecule has 0 aromatic rings. The average Bonchev–Trinajstić information content (AvgIpc) is 3.70. The maximum Gasteiger partial charge on any atom is 0.248 e. The molecule has 13 heteroatoms. The molecule has 0 radical (unpaired) electrons. The first-order valence-electron chi connectivity index (χ1n) is 21.2. The minimum Gasteiger partial charge on any atom is -0.416 e. The SMILES string of the molecule is CC=C[C@H](C)[C@H]1OC1(C)[C@@H](O[Si](C)(C)C(C)(C)C)[C@@H](CO[Si](C)(C)C(C)(C)C)[C@H](O)[C@H](CO[Si](C)(C)C(C)(C)C)[C@@H](CC(=O)N(C)OC)O[Si](C)(C)C(C)(C)C. The highest BCUT2D eigenvalue weighted by atomic mass is 28.4. The van der Waals surface area contributed by atoms with Crippen molar-refractivity contribution in [3.63, 3.8) is 0 Å². The Bertz CT molecular complexity index is 1290. The first-order chi connectivity index (χ1) is 24.7. The minimum absolute atomic E-state index is 0.0255. The minimum atomic E-state index is -2.51. The van der Waals surface area contributed by atoms with E-state index in [1.165, 1.54) is 12.2 Å². The van der Waals surface area contributed by atoms with Gasteiger partial charge in [0.1, 0.15) is 5.60 Å². The van der Waals surface area contributed by atoms with Crippen molar-refractivity contribution in [2.24, 2.45) is 17.8 Å². The molecular formula is C43H91NO8Si4. The van der Waals surface area contributed by atoms with E-state index in [0.29, 0.717) is 0 Å². The number of epoxide rings is 1. The number of nitrogens with zero attached hydrogens (tertiary/aromatic N) is 1. The summed E-state index contributed by atoms with van der Waals surface area (Å²) in [5, 5.41) is 14.3. The largest absolute Gasteiger partial charge is 0.416 e. The van der Waals surface area contributed by atoms with Gasteiger partial charge in [-0.15, -0.1) is 0 Å². The molecule has 1 saturated heterocycles. The highest BCUT2D eigenvalue weighted by Crippen LogP contribution is 2.52. The molecular weight excluding hydrogens is 771 g/mol. The predicted molar refractivity (Wildman–Crippen MR) is 245 cm³/mol. The molecule has 0 aliphatic carbocycles. The second-order valence-corrected chi connectivity index (χ2v) is 42.2. The van der Waals surface area contributed by atoms with Gasteiger partial charge in [0.15, 0.2) is 33.3 Å². The van der Waals surface area contributed by atoms with Crippen molar-refractivity contribution < 1.29 is 37.2 Å². The van der Waals surface area contributed by atoms with Crippen molar-refractivity contribution in [2.45, 2.75) is 213 Å². The number of ether oxygens (including phenoxy) is 1. The number of hydroxylamine groups is 2. The third-order valence-electron chi connectivity index (χ3n) is 14.5. The van der Waals surface area contributed by atoms with Gasteiger partial charge < -0.3 is 27.5 Å². The van der Waals surface area contributed by atoms with Crippen LogP contribution in [0.2, 0.25) is 72.5 Å². The van der Waals surface area contributed by atoms with E-state index in [4.69, 9.17) is 27.3 Å². The second-order valence-electron chi connectivity index (χ2n) is 23.1. The first-order valence-corrected chi connectivity index (χ1v) is 32.8. The topological polar surface area (TPSA) is 99.2 Å². The van der Waals surface area contributed by atoms with Crippen LogP contribution in [0.5, 0.6) is 0 Å². The summed E-state index contributed by atoms with van der Waals surface area (Å²) in [6.07, 6.45) is 1.97. The Morgan fingerprint density at radius 3 is 1.52 bits per heavy atom. The monoisotopic (exact) mass is 862 g/mol. The molecule has 1 rings (SSSR count). The Morgan fingerprint density at radius 1 is 0.750 bits per heavy atom. The molecule has 332 valence electrons. The van der Waals surface area contributed by atoms with Crippen molar-refractivity contribution >= 4 is 39.2 Å². The molecule has 8 atom stereocenters. The van der Waals surface area contributed by atoms with Gasteiger partial charge in [-0.05, 0) is 86.4 Å². The van der Waals surface area contributed by atoms with Crippen LogP contribution in [0.25, 0.3) is 0 Å². The van der Waals surface area contributed by atoms with E-state index in [-0.39, 0.29) is 57.7 Å². The molecule has 1 amide bonds. The number of amides is 1. The lowest BCUT2D eigenvalue weighted by Gasteiger charge is -2.48. The molecule has 0 bridgehead atoms. The Kier molecular flexibility index (Phi) is 18.1. The molecule has 1 aliphatic rings. The normalized spacial score (nSPS) is 22.8. The molecule has 1 heterocycles. The number of hydrogen-bond acceptors (Lipinski definition) is 8. The van der Waals surface area contributed by atoms with Crippen LogP contribution in [0.4, 0.5) is 0 Å². The fourth-order valence-electron chi connectivity index (χ4n) is 6.01. The van der Waals surface area contributed by atoms with Crippen LogP contribution < -0.4 is 0 Å². The van der Waals surface area contributed by atoms with Gasteiger partial charge in [-0.2, -0.15) is 0 Å². The molecule has 0 spiro atoms. The Morgan fingerprint density at radius 2 is 1.14 bits per heavy atom. The fourth-order valence-corrected chi connectivity index (χ4v) is 10.9. The maximum atomic E-state index is 13.9. The lowest BCUT2D eigenvalue weighted by molar-refractivity contribution is -0.172. The van der Waals surface area contributed by atoms with Crippen LogP contribution in [0.3, 0.4) is 0 Å². The van der Waals surface area contributed by atoms with Crippen molar-refractivity contribution in [2.75, 3.05) is 27.4 Å². The number of rotatable bonds is 20. The standard InChI is InChI=1S/C43H91NO8Si4/c1-26-27-31(2)37-43(15,50-37)38(52-56(24,25)42(12,13)14)33(30-49-54(20,21)40(6,7)8)36(46)32(29-48-53(18,19)39(3,4)5)34(28-35(45)44(16)47-17)51-55(22,23)41(9,10)11/h26-27,31-34,36-38,46H,28-30H2,1-25H3/t31-,32+,33-,34+,36+,37+,38-,43?/m0/s1. The molecule has 9 nitrogen and oxygen atoms in total. The van der Waals surface area contributed by atoms with Crippen LogP contribution in [0.15, 0.2) is 12.2 Å². The Hall–Kier alpha value is -0.202. The van der Waals surface area contributed by atoms with Gasteiger partial charge in [0.2, 0.25) is 5.91 Å². The summed E-state index contributed by atoms with van der Waals surface area (Å²) >= 11 is 0. The maximum absolute atomic E-state index is 13.9. The Balaban J connectivity index is 4.31. The smallest absolute Gasteiger partial charge is 0.248 e. The van der Waals surface area contributed by atoms with Crippen molar-refractivity contribution in [3.05, 3.63) is 12.2 Å². The number of aliphatic hydroxyl groups excluding tert-OH is 1. The van der Waals surface area contributed by atoms with Crippen LogP contribution in [0.1, 0.15) is 110 Å². The lowest BCUT2D eigenvalue weighted by Crippen LogP contribution is -2.59. The quantitative estimate of drug-likeness (QED) is 0.0559. The molecule has 56 heavy (non-hydrogen) atoms. The van der Waals surface area contributed by atoms with Crippen molar-refractivity contribution in [3.8, 4) is 0 Å². The van der Waals surface area contributed by atoms with E-state index in [1.54, 1.807) is 7.05 Å². The summed E-state index contributed by atoms with van der Waals surface area (Å²) in [5.74, 6) is -1.20. The number of aliphatic hydroxyl groups is 1.